The minimum atomic E-state index is -0.308. The molecule has 2 aliphatic rings. The number of fused-ring (bicyclic) bond motifs is 1. The van der Waals surface area contributed by atoms with E-state index in [1.165, 1.54) is 4.90 Å². The smallest absolute Gasteiger partial charge is 0.282 e. The van der Waals surface area contributed by atoms with Crippen LogP contribution in [0.2, 0.25) is 0 Å². The summed E-state index contributed by atoms with van der Waals surface area (Å²) in [6.07, 6.45) is 0. The molecule has 0 N–H and O–H groups in total. The second kappa shape index (κ2) is 8.48. The fourth-order valence-electron chi connectivity index (χ4n) is 4.37. The zero-order valence-electron chi connectivity index (χ0n) is 17.9. The maximum absolute atomic E-state index is 13.8. The first kappa shape index (κ1) is 20.3. The van der Waals surface area contributed by atoms with Gasteiger partial charge in [0.05, 0.1) is 31.1 Å². The van der Waals surface area contributed by atoms with Gasteiger partial charge in [0.15, 0.2) is 0 Å². The van der Waals surface area contributed by atoms with Crippen LogP contribution in [-0.2, 0) is 14.3 Å². The van der Waals surface area contributed by atoms with E-state index in [4.69, 9.17) is 9.47 Å². The van der Waals surface area contributed by atoms with Gasteiger partial charge >= 0.3 is 0 Å². The molecular formula is C26H24N2O4. The van der Waals surface area contributed by atoms with Gasteiger partial charge in [0, 0.05) is 18.5 Å². The van der Waals surface area contributed by atoms with Crippen molar-refractivity contribution in [3.63, 3.8) is 0 Å². The number of carbonyl (C=O) groups excluding carboxylic acids is 2. The number of nitrogens with zero attached hydrogens (tertiary/aromatic N) is 2. The average Bonchev–Trinajstić information content (AvgIpc) is 3.10. The maximum Gasteiger partial charge on any atom is 0.282 e. The Morgan fingerprint density at radius 1 is 0.875 bits per heavy atom. The second-order valence-corrected chi connectivity index (χ2v) is 7.72. The highest BCUT2D eigenvalue weighted by Gasteiger charge is 2.43. The first-order valence-corrected chi connectivity index (χ1v) is 10.9. The van der Waals surface area contributed by atoms with Crippen LogP contribution >= 0.6 is 0 Å². The van der Waals surface area contributed by atoms with Crippen LogP contribution < -0.4 is 9.64 Å². The predicted molar refractivity (Wildman–Crippen MR) is 123 cm³/mol. The molecule has 3 aromatic rings. The number of hydrogen-bond donors (Lipinski definition) is 0. The van der Waals surface area contributed by atoms with Crippen molar-refractivity contribution >= 4 is 33.8 Å². The number of ether oxygens (including phenoxy) is 2. The number of anilines is 1. The fraction of sp³-hybridized carbons (Fsp3) is 0.231. The SMILES string of the molecule is CCOc1ccc(C2=C(N3CCOCC3)C(=O)N(c3cccc4ccccc34)C2=O)cc1. The van der Waals surface area contributed by atoms with Gasteiger partial charge in [-0.05, 0) is 36.1 Å². The topological polar surface area (TPSA) is 59.1 Å². The molecule has 6 heteroatoms. The highest BCUT2D eigenvalue weighted by molar-refractivity contribution is 6.46. The molecule has 0 aliphatic carbocycles. The molecule has 2 aliphatic heterocycles. The lowest BCUT2D eigenvalue weighted by molar-refractivity contribution is -0.121. The summed E-state index contributed by atoms with van der Waals surface area (Å²) in [5.74, 6) is 0.126. The van der Waals surface area contributed by atoms with E-state index in [0.29, 0.717) is 55.4 Å². The summed E-state index contributed by atoms with van der Waals surface area (Å²) in [6.45, 7) is 4.67. The van der Waals surface area contributed by atoms with Gasteiger partial charge in [0.25, 0.3) is 11.8 Å². The van der Waals surface area contributed by atoms with Crippen molar-refractivity contribution in [3.8, 4) is 5.75 Å². The third-order valence-corrected chi connectivity index (χ3v) is 5.85. The Bertz CT molecular complexity index is 1200. The highest BCUT2D eigenvalue weighted by atomic mass is 16.5. The number of amides is 2. The number of rotatable bonds is 5. The number of benzene rings is 3. The van der Waals surface area contributed by atoms with Gasteiger partial charge in [0.1, 0.15) is 11.4 Å². The Morgan fingerprint density at radius 3 is 2.34 bits per heavy atom. The average molecular weight is 428 g/mol. The lowest BCUT2D eigenvalue weighted by Gasteiger charge is -2.29. The van der Waals surface area contributed by atoms with E-state index in [9.17, 15) is 9.59 Å². The van der Waals surface area contributed by atoms with E-state index in [2.05, 4.69) is 0 Å². The zero-order chi connectivity index (χ0) is 22.1. The number of hydrogen-bond acceptors (Lipinski definition) is 5. The molecule has 3 aromatic carbocycles. The van der Waals surface area contributed by atoms with Gasteiger partial charge in [-0.25, -0.2) is 4.90 Å². The first-order valence-electron chi connectivity index (χ1n) is 10.9. The number of morpholine rings is 1. The van der Waals surface area contributed by atoms with Crippen molar-refractivity contribution in [1.29, 1.82) is 0 Å². The Kier molecular flexibility index (Phi) is 5.37. The van der Waals surface area contributed by atoms with Crippen molar-refractivity contribution in [2.24, 2.45) is 0 Å². The van der Waals surface area contributed by atoms with Crippen LogP contribution in [0.3, 0.4) is 0 Å². The molecule has 162 valence electrons. The molecule has 32 heavy (non-hydrogen) atoms. The van der Waals surface area contributed by atoms with E-state index in [1.54, 1.807) is 0 Å². The molecule has 6 nitrogen and oxygen atoms in total. The van der Waals surface area contributed by atoms with Crippen LogP contribution in [0.4, 0.5) is 5.69 Å². The Labute approximate surface area is 186 Å². The molecule has 2 amide bonds. The molecule has 2 heterocycles. The minimum absolute atomic E-state index is 0.294. The fourth-order valence-corrected chi connectivity index (χ4v) is 4.37. The summed E-state index contributed by atoms with van der Waals surface area (Å²) in [5.41, 5.74) is 2.17. The van der Waals surface area contributed by atoms with Crippen LogP contribution in [0.15, 0.2) is 72.4 Å². The molecule has 5 rings (SSSR count). The Balaban J connectivity index is 1.63. The lowest BCUT2D eigenvalue weighted by Crippen LogP contribution is -2.40. The van der Waals surface area contributed by atoms with Crippen molar-refractivity contribution in [3.05, 3.63) is 78.0 Å². The number of carbonyl (C=O) groups is 2. The van der Waals surface area contributed by atoms with Crippen LogP contribution in [0.5, 0.6) is 5.75 Å². The van der Waals surface area contributed by atoms with Crippen molar-refractivity contribution in [2.45, 2.75) is 6.92 Å². The van der Waals surface area contributed by atoms with Gasteiger partial charge in [0.2, 0.25) is 0 Å². The standard InChI is InChI=1S/C26H24N2O4/c1-2-32-20-12-10-19(11-13-20)23-24(27-14-16-31-17-15-27)26(30)28(25(23)29)22-9-5-7-18-6-3-4-8-21(18)22/h3-13H,2,14-17H2,1H3. The monoisotopic (exact) mass is 428 g/mol. The minimum Gasteiger partial charge on any atom is -0.494 e. The van der Waals surface area contributed by atoms with Crippen LogP contribution in [0, 0.1) is 0 Å². The molecule has 0 saturated carbocycles. The highest BCUT2D eigenvalue weighted by Crippen LogP contribution is 2.38. The third-order valence-electron chi connectivity index (χ3n) is 5.85. The molecule has 1 fully saturated rings. The summed E-state index contributed by atoms with van der Waals surface area (Å²) < 4.78 is 11.0. The molecule has 1 saturated heterocycles. The van der Waals surface area contributed by atoms with Gasteiger partial charge < -0.3 is 14.4 Å². The van der Waals surface area contributed by atoms with E-state index in [1.807, 2.05) is 78.6 Å². The predicted octanol–water partition coefficient (Wildman–Crippen LogP) is 3.86. The normalized spacial score (nSPS) is 16.9. The molecule has 0 radical (unpaired) electrons. The van der Waals surface area contributed by atoms with E-state index < -0.39 is 0 Å². The maximum atomic E-state index is 13.8. The summed E-state index contributed by atoms with van der Waals surface area (Å²) in [5, 5.41) is 1.85. The zero-order valence-corrected chi connectivity index (χ0v) is 17.9. The van der Waals surface area contributed by atoms with Crippen LogP contribution in [0.1, 0.15) is 12.5 Å². The van der Waals surface area contributed by atoms with E-state index in [-0.39, 0.29) is 11.8 Å². The van der Waals surface area contributed by atoms with Gasteiger partial charge in [-0.1, -0.05) is 48.5 Å². The van der Waals surface area contributed by atoms with E-state index >= 15 is 0 Å². The van der Waals surface area contributed by atoms with Gasteiger partial charge in [-0.3, -0.25) is 9.59 Å². The largest absolute Gasteiger partial charge is 0.494 e. The van der Waals surface area contributed by atoms with Crippen molar-refractivity contribution in [2.75, 3.05) is 37.8 Å². The summed E-state index contributed by atoms with van der Waals surface area (Å²) in [6, 6.07) is 20.8. The molecule has 0 spiro atoms. The summed E-state index contributed by atoms with van der Waals surface area (Å²) >= 11 is 0. The summed E-state index contributed by atoms with van der Waals surface area (Å²) in [7, 11) is 0. The van der Waals surface area contributed by atoms with Crippen molar-refractivity contribution < 1.29 is 19.1 Å². The lowest BCUT2D eigenvalue weighted by atomic mass is 10.0. The molecular weight excluding hydrogens is 404 g/mol. The Morgan fingerprint density at radius 2 is 1.59 bits per heavy atom. The van der Waals surface area contributed by atoms with E-state index in [0.717, 1.165) is 16.5 Å². The first-order chi connectivity index (χ1) is 15.7. The van der Waals surface area contributed by atoms with Crippen LogP contribution in [-0.4, -0.2) is 49.6 Å². The van der Waals surface area contributed by atoms with Crippen LogP contribution in [0.25, 0.3) is 16.3 Å². The quantitative estimate of drug-likeness (QED) is 0.578. The molecule has 0 atom stereocenters. The second-order valence-electron chi connectivity index (χ2n) is 7.72. The molecule has 0 bridgehead atoms. The molecule has 0 aromatic heterocycles. The van der Waals surface area contributed by atoms with Gasteiger partial charge in [-0.15, -0.1) is 0 Å². The Hall–Kier alpha value is -3.64. The van der Waals surface area contributed by atoms with Crippen molar-refractivity contribution in [1.82, 2.24) is 4.90 Å². The molecule has 0 unspecified atom stereocenters. The summed E-state index contributed by atoms with van der Waals surface area (Å²) in [4.78, 5) is 30.8. The van der Waals surface area contributed by atoms with Gasteiger partial charge in [-0.2, -0.15) is 0 Å². The number of imide groups is 1. The third kappa shape index (κ3) is 3.42.